The molecule has 0 aliphatic heterocycles. The molecule has 0 aromatic carbocycles. The lowest BCUT2D eigenvalue weighted by Crippen LogP contribution is -2.31. The van der Waals surface area contributed by atoms with E-state index >= 15 is 0 Å². The van der Waals surface area contributed by atoms with Gasteiger partial charge in [-0.25, -0.2) is 0 Å². The van der Waals surface area contributed by atoms with Gasteiger partial charge in [-0.15, -0.1) is 0 Å². The van der Waals surface area contributed by atoms with Gasteiger partial charge in [0.2, 0.25) is 0 Å². The largest absolute Gasteiger partial charge is 0.427 e. The lowest BCUT2D eigenvalue weighted by molar-refractivity contribution is 0.129. The van der Waals surface area contributed by atoms with Gasteiger partial charge in [0, 0.05) is 49.3 Å². The Bertz CT molecular complexity index is 490. The van der Waals surface area contributed by atoms with Crippen molar-refractivity contribution in [2.45, 2.75) is 19.3 Å². The minimum Gasteiger partial charge on any atom is -0.427 e. The Kier molecular flexibility index (Phi) is 13.4. The van der Waals surface area contributed by atoms with Gasteiger partial charge in [-0.05, 0) is 24.7 Å². The molecule has 0 aromatic rings. The first-order valence-corrected chi connectivity index (χ1v) is 14.7. The molecule has 170 valence electrons. The maximum atomic E-state index is 12.5. The van der Waals surface area contributed by atoms with Crippen LogP contribution in [-0.2, 0) is 45.3 Å². The van der Waals surface area contributed by atoms with Crippen LogP contribution in [0, 0.1) is 5.41 Å². The molecular formula is C14H35O10P3Si. The quantitative estimate of drug-likeness (QED) is 0.225. The minimum absolute atomic E-state index is 0.124. The third kappa shape index (κ3) is 9.19. The van der Waals surface area contributed by atoms with E-state index in [9.17, 15) is 13.7 Å². The van der Waals surface area contributed by atoms with Gasteiger partial charge in [-0.3, -0.25) is 13.7 Å². The van der Waals surface area contributed by atoms with Crippen molar-refractivity contribution in [3.63, 3.8) is 0 Å². The molecule has 0 amide bonds. The zero-order valence-corrected chi connectivity index (χ0v) is 22.6. The van der Waals surface area contributed by atoms with E-state index in [0.717, 1.165) is 0 Å². The Labute approximate surface area is 171 Å². The predicted molar refractivity (Wildman–Crippen MR) is 112 cm³/mol. The van der Waals surface area contributed by atoms with Gasteiger partial charge >= 0.3 is 22.8 Å². The third-order valence-electron chi connectivity index (χ3n) is 4.87. The topological polar surface area (TPSA) is 116 Å². The van der Waals surface area contributed by atoms with Crippen LogP contribution in [0.5, 0.6) is 0 Å². The van der Waals surface area contributed by atoms with Crippen molar-refractivity contribution < 1.29 is 45.3 Å². The molecule has 0 aromatic heterocycles. The van der Waals surface area contributed by atoms with Crippen LogP contribution >= 0.6 is 22.8 Å². The van der Waals surface area contributed by atoms with Crippen LogP contribution in [0.15, 0.2) is 0 Å². The molecule has 0 radical (unpaired) electrons. The van der Waals surface area contributed by atoms with Crippen LogP contribution < -0.4 is 0 Å². The van der Waals surface area contributed by atoms with Gasteiger partial charge < -0.3 is 31.6 Å². The SMILES string of the molecule is COP(=O)(CCC(CCP(=O)(OC)OC)(CCP(=O)(OC)OC)CO[SiH3])OC. The average molecular weight is 484 g/mol. The van der Waals surface area contributed by atoms with Crippen molar-refractivity contribution in [1.29, 1.82) is 0 Å². The summed E-state index contributed by atoms with van der Waals surface area (Å²) in [4.78, 5) is 0. The smallest absolute Gasteiger partial charge is 0.330 e. The third-order valence-corrected chi connectivity index (χ3v) is 10.8. The van der Waals surface area contributed by atoms with Crippen LogP contribution in [0.1, 0.15) is 19.3 Å². The first-order valence-electron chi connectivity index (χ1n) is 8.65. The number of hydrogen-bond donors (Lipinski definition) is 0. The molecular weight excluding hydrogens is 449 g/mol. The van der Waals surface area contributed by atoms with Crippen LogP contribution in [-0.4, -0.2) is 78.2 Å². The van der Waals surface area contributed by atoms with Gasteiger partial charge in [0.15, 0.2) is 0 Å². The molecule has 0 aliphatic rings. The summed E-state index contributed by atoms with van der Waals surface area (Å²) in [5.74, 6) is 0. The first kappa shape index (κ1) is 28.6. The van der Waals surface area contributed by atoms with Crippen molar-refractivity contribution >= 4 is 33.3 Å². The van der Waals surface area contributed by atoms with Gasteiger partial charge in [0.25, 0.3) is 0 Å². The molecule has 0 N–H and O–H groups in total. The fourth-order valence-electron chi connectivity index (χ4n) is 2.79. The second-order valence-corrected chi connectivity index (χ2v) is 14.1. The molecule has 0 rings (SSSR count). The highest BCUT2D eigenvalue weighted by Crippen LogP contribution is 2.55. The maximum Gasteiger partial charge on any atom is 0.330 e. The zero-order chi connectivity index (χ0) is 21.9. The highest BCUT2D eigenvalue weighted by atomic mass is 31.2. The van der Waals surface area contributed by atoms with E-state index in [-0.39, 0.29) is 18.5 Å². The lowest BCUT2D eigenvalue weighted by Gasteiger charge is -2.35. The number of hydrogen-bond acceptors (Lipinski definition) is 10. The molecule has 0 bridgehead atoms. The zero-order valence-electron chi connectivity index (χ0n) is 17.9. The highest BCUT2D eigenvalue weighted by Gasteiger charge is 2.38. The molecule has 0 atom stereocenters. The Hall–Kier alpha value is 0.627. The van der Waals surface area contributed by atoms with Crippen molar-refractivity contribution in [1.82, 2.24) is 0 Å². The van der Waals surface area contributed by atoms with E-state index < -0.39 is 28.2 Å². The summed E-state index contributed by atoms with van der Waals surface area (Å²) < 4.78 is 73.3. The van der Waals surface area contributed by atoms with Crippen molar-refractivity contribution in [3.8, 4) is 0 Å². The van der Waals surface area contributed by atoms with E-state index in [2.05, 4.69) is 0 Å². The van der Waals surface area contributed by atoms with Crippen molar-refractivity contribution in [2.75, 3.05) is 67.8 Å². The second-order valence-electron chi connectivity index (χ2n) is 6.28. The van der Waals surface area contributed by atoms with Crippen LogP contribution in [0.2, 0.25) is 0 Å². The van der Waals surface area contributed by atoms with E-state index in [1.54, 1.807) is 0 Å². The fourth-order valence-corrected chi connectivity index (χ4v) is 7.19. The van der Waals surface area contributed by atoms with Crippen LogP contribution in [0.4, 0.5) is 0 Å². The lowest BCUT2D eigenvalue weighted by atomic mass is 9.80. The Morgan fingerprint density at radius 1 is 0.607 bits per heavy atom. The summed E-state index contributed by atoms with van der Waals surface area (Å²) in [5, 5.41) is 0. The second kappa shape index (κ2) is 13.1. The summed E-state index contributed by atoms with van der Waals surface area (Å²) in [6.45, 7) is 0.299. The normalized spacial score (nSPS) is 13.9. The summed E-state index contributed by atoms with van der Waals surface area (Å²) in [6, 6.07) is 0. The first-order chi connectivity index (χ1) is 13.0. The maximum absolute atomic E-state index is 12.5. The summed E-state index contributed by atoms with van der Waals surface area (Å²) in [5.41, 5.74) is -0.617. The van der Waals surface area contributed by atoms with Crippen LogP contribution in [0.25, 0.3) is 0 Å². The van der Waals surface area contributed by atoms with Crippen LogP contribution in [0.3, 0.4) is 0 Å². The van der Waals surface area contributed by atoms with E-state index in [0.29, 0.717) is 36.4 Å². The molecule has 28 heavy (non-hydrogen) atoms. The average Bonchev–Trinajstić information content (AvgIpc) is 2.74. The Morgan fingerprint density at radius 3 is 1.04 bits per heavy atom. The molecule has 0 heterocycles. The van der Waals surface area contributed by atoms with Crippen molar-refractivity contribution in [2.24, 2.45) is 5.41 Å². The summed E-state index contributed by atoms with van der Waals surface area (Å²) in [7, 11) is -1.39. The molecule has 0 spiro atoms. The Balaban J connectivity index is 5.66. The fraction of sp³-hybridized carbons (Fsp3) is 1.00. The summed E-state index contributed by atoms with van der Waals surface area (Å²) in [6.07, 6.45) is 1.48. The van der Waals surface area contributed by atoms with Gasteiger partial charge in [-0.1, -0.05) is 0 Å². The summed E-state index contributed by atoms with van der Waals surface area (Å²) >= 11 is 0. The molecule has 14 heteroatoms. The number of rotatable bonds is 17. The monoisotopic (exact) mass is 484 g/mol. The van der Waals surface area contributed by atoms with Gasteiger partial charge in [-0.2, -0.15) is 0 Å². The van der Waals surface area contributed by atoms with E-state index in [1.165, 1.54) is 42.7 Å². The molecule has 0 aliphatic carbocycles. The predicted octanol–water partition coefficient (Wildman–Crippen LogP) is 2.90. The Morgan fingerprint density at radius 2 is 0.857 bits per heavy atom. The molecule has 0 fully saturated rings. The molecule has 0 saturated heterocycles. The standard InChI is InChI=1S/C14H35O10P3Si/c1-18-25(15,19-2)10-7-14(13-24-28,8-11-26(16,20-3)21-4)9-12-27(17,22-5)23-6/h7-13H2,1-6,28H3. The van der Waals surface area contributed by atoms with Gasteiger partial charge in [0.05, 0.1) is 18.5 Å². The molecule has 10 nitrogen and oxygen atoms in total. The molecule has 0 saturated carbocycles. The van der Waals surface area contributed by atoms with Gasteiger partial charge in [0.1, 0.15) is 10.5 Å². The highest BCUT2D eigenvalue weighted by molar-refractivity contribution is 7.54. The molecule has 0 unspecified atom stereocenters. The minimum atomic E-state index is -3.27. The van der Waals surface area contributed by atoms with Crippen molar-refractivity contribution in [3.05, 3.63) is 0 Å². The van der Waals surface area contributed by atoms with E-state index in [4.69, 9.17) is 31.6 Å². The van der Waals surface area contributed by atoms with E-state index in [1.807, 2.05) is 0 Å².